The van der Waals surface area contributed by atoms with Gasteiger partial charge in [-0.1, -0.05) is 51.0 Å². The van der Waals surface area contributed by atoms with E-state index in [0.717, 1.165) is 11.6 Å². The lowest BCUT2D eigenvalue weighted by molar-refractivity contribution is 0.462. The van der Waals surface area contributed by atoms with Gasteiger partial charge in [0.25, 0.3) is 0 Å². The molecule has 1 nitrogen and oxygen atoms in total. The first-order valence-corrected chi connectivity index (χ1v) is 7.29. The van der Waals surface area contributed by atoms with E-state index in [2.05, 4.69) is 30.2 Å². The molecule has 0 unspecified atom stereocenters. The van der Waals surface area contributed by atoms with E-state index in [1.54, 1.807) is 0 Å². The first-order valence-electron chi connectivity index (χ1n) is 7.29. The van der Waals surface area contributed by atoms with Gasteiger partial charge < -0.3 is 0 Å². The third kappa shape index (κ3) is 4.14. The van der Waals surface area contributed by atoms with Crippen LogP contribution >= 0.6 is 0 Å². The highest BCUT2D eigenvalue weighted by Crippen LogP contribution is 2.29. The Hall–Kier alpha value is -0.850. The topological polar surface area (TPSA) is 12.9 Å². The Balaban J connectivity index is 1.97. The molecule has 0 radical (unpaired) electrons. The van der Waals surface area contributed by atoms with Crippen molar-refractivity contribution in [3.63, 3.8) is 0 Å². The molecule has 1 aliphatic rings. The molecule has 1 aliphatic carbocycles. The SMILES string of the molecule is Cc1ccc(C2CCCCCCCCC2)cn1. The summed E-state index contributed by atoms with van der Waals surface area (Å²) in [7, 11) is 0. The maximum absolute atomic E-state index is 4.45. The van der Waals surface area contributed by atoms with Crippen LogP contribution in [0.1, 0.15) is 75.0 Å². The van der Waals surface area contributed by atoms with E-state index in [4.69, 9.17) is 0 Å². The molecule has 0 aromatic carbocycles. The number of aryl methyl sites for hydroxylation is 1. The second kappa shape index (κ2) is 6.78. The monoisotopic (exact) mass is 231 g/mol. The smallest absolute Gasteiger partial charge is 0.0372 e. The molecule has 1 aromatic heterocycles. The van der Waals surface area contributed by atoms with E-state index in [-0.39, 0.29) is 0 Å². The Kier molecular flexibility index (Phi) is 5.03. The summed E-state index contributed by atoms with van der Waals surface area (Å²) in [5.74, 6) is 0.765. The van der Waals surface area contributed by atoms with Crippen molar-refractivity contribution < 1.29 is 0 Å². The van der Waals surface area contributed by atoms with Crippen LogP contribution in [0.5, 0.6) is 0 Å². The number of hydrogen-bond donors (Lipinski definition) is 0. The number of rotatable bonds is 1. The van der Waals surface area contributed by atoms with Gasteiger partial charge in [-0.25, -0.2) is 0 Å². The predicted octanol–water partition coefficient (Wildman–Crippen LogP) is 5.00. The highest BCUT2D eigenvalue weighted by Gasteiger charge is 2.12. The van der Waals surface area contributed by atoms with Crippen molar-refractivity contribution >= 4 is 0 Å². The molecule has 17 heavy (non-hydrogen) atoms. The van der Waals surface area contributed by atoms with Crippen LogP contribution in [0.15, 0.2) is 18.3 Å². The van der Waals surface area contributed by atoms with E-state index in [1.165, 1.54) is 63.4 Å². The molecule has 0 saturated heterocycles. The summed E-state index contributed by atoms with van der Waals surface area (Å²) in [6, 6.07) is 4.45. The molecule has 1 fully saturated rings. The van der Waals surface area contributed by atoms with E-state index in [0.29, 0.717) is 0 Å². The number of nitrogens with zero attached hydrogens (tertiary/aromatic N) is 1. The molecule has 0 N–H and O–H groups in total. The minimum absolute atomic E-state index is 0.765. The summed E-state index contributed by atoms with van der Waals surface area (Å²) in [4.78, 5) is 4.45. The minimum Gasteiger partial charge on any atom is -0.261 e. The van der Waals surface area contributed by atoms with Gasteiger partial charge in [-0.15, -0.1) is 0 Å². The second-order valence-corrected chi connectivity index (χ2v) is 5.48. The molecule has 0 bridgehead atoms. The van der Waals surface area contributed by atoms with Crippen molar-refractivity contribution in [1.82, 2.24) is 4.98 Å². The fourth-order valence-corrected chi connectivity index (χ4v) is 2.86. The van der Waals surface area contributed by atoms with Crippen molar-refractivity contribution in [2.45, 2.75) is 70.6 Å². The maximum atomic E-state index is 4.45. The Morgan fingerprint density at radius 2 is 1.47 bits per heavy atom. The lowest BCUT2D eigenvalue weighted by atomic mass is 9.88. The zero-order valence-electron chi connectivity index (χ0n) is 11.1. The zero-order valence-corrected chi connectivity index (χ0v) is 11.1. The lowest BCUT2D eigenvalue weighted by Gasteiger charge is -2.18. The fraction of sp³-hybridized carbons (Fsp3) is 0.688. The average molecular weight is 231 g/mol. The molecule has 1 heterocycles. The van der Waals surface area contributed by atoms with Gasteiger partial charge in [0.1, 0.15) is 0 Å². The van der Waals surface area contributed by atoms with Gasteiger partial charge in [0, 0.05) is 11.9 Å². The highest BCUT2D eigenvalue weighted by molar-refractivity contribution is 5.17. The fourth-order valence-electron chi connectivity index (χ4n) is 2.86. The third-order valence-corrected chi connectivity index (χ3v) is 4.01. The Labute approximate surface area is 106 Å². The zero-order chi connectivity index (χ0) is 11.9. The van der Waals surface area contributed by atoms with Crippen molar-refractivity contribution in [2.24, 2.45) is 0 Å². The molecule has 94 valence electrons. The van der Waals surface area contributed by atoms with Crippen LogP contribution in [-0.4, -0.2) is 4.98 Å². The van der Waals surface area contributed by atoms with Crippen LogP contribution in [0.3, 0.4) is 0 Å². The summed E-state index contributed by atoms with van der Waals surface area (Å²) in [6.07, 6.45) is 14.8. The first kappa shape index (κ1) is 12.6. The Morgan fingerprint density at radius 3 is 2.00 bits per heavy atom. The van der Waals surface area contributed by atoms with Crippen LogP contribution < -0.4 is 0 Å². The van der Waals surface area contributed by atoms with Crippen LogP contribution in [-0.2, 0) is 0 Å². The highest BCUT2D eigenvalue weighted by atomic mass is 14.7. The lowest BCUT2D eigenvalue weighted by Crippen LogP contribution is -2.02. The van der Waals surface area contributed by atoms with Crippen molar-refractivity contribution in [1.29, 1.82) is 0 Å². The number of pyridine rings is 1. The molecule has 0 atom stereocenters. The quantitative estimate of drug-likeness (QED) is 0.663. The van der Waals surface area contributed by atoms with Crippen LogP contribution in [0, 0.1) is 6.92 Å². The number of aromatic nitrogens is 1. The molecular weight excluding hydrogens is 206 g/mol. The Morgan fingerprint density at radius 1 is 0.882 bits per heavy atom. The van der Waals surface area contributed by atoms with Gasteiger partial charge in [0.05, 0.1) is 0 Å². The molecule has 0 spiro atoms. The summed E-state index contributed by atoms with van der Waals surface area (Å²) in [6.45, 7) is 2.07. The summed E-state index contributed by atoms with van der Waals surface area (Å²) < 4.78 is 0. The van der Waals surface area contributed by atoms with Crippen LogP contribution in [0.2, 0.25) is 0 Å². The van der Waals surface area contributed by atoms with E-state index >= 15 is 0 Å². The summed E-state index contributed by atoms with van der Waals surface area (Å²) in [5.41, 5.74) is 2.60. The van der Waals surface area contributed by atoms with Gasteiger partial charge in [-0.05, 0) is 37.3 Å². The standard InChI is InChI=1S/C16H25N/c1-14-11-12-16(13-17-14)15-9-7-5-3-2-4-6-8-10-15/h11-13,15H,2-10H2,1H3. The van der Waals surface area contributed by atoms with E-state index < -0.39 is 0 Å². The van der Waals surface area contributed by atoms with E-state index in [9.17, 15) is 0 Å². The number of hydrogen-bond acceptors (Lipinski definition) is 1. The molecule has 1 saturated carbocycles. The second-order valence-electron chi connectivity index (χ2n) is 5.48. The Bertz CT molecular complexity index is 305. The third-order valence-electron chi connectivity index (χ3n) is 4.01. The predicted molar refractivity (Wildman–Crippen MR) is 73.3 cm³/mol. The normalized spacial score (nSPS) is 20.1. The van der Waals surface area contributed by atoms with Gasteiger partial charge in [-0.2, -0.15) is 0 Å². The molecule has 0 amide bonds. The van der Waals surface area contributed by atoms with Gasteiger partial charge in [0.15, 0.2) is 0 Å². The maximum Gasteiger partial charge on any atom is 0.0372 e. The summed E-state index contributed by atoms with van der Waals surface area (Å²) in [5, 5.41) is 0. The van der Waals surface area contributed by atoms with Crippen molar-refractivity contribution in [3.05, 3.63) is 29.6 Å². The van der Waals surface area contributed by atoms with Gasteiger partial charge >= 0.3 is 0 Å². The van der Waals surface area contributed by atoms with Crippen LogP contribution in [0.4, 0.5) is 0 Å². The largest absolute Gasteiger partial charge is 0.261 e. The summed E-state index contributed by atoms with van der Waals surface area (Å²) >= 11 is 0. The van der Waals surface area contributed by atoms with Crippen molar-refractivity contribution in [3.8, 4) is 0 Å². The molecule has 0 aliphatic heterocycles. The average Bonchev–Trinajstić information content (AvgIpc) is 2.37. The minimum atomic E-state index is 0.765. The molecule has 1 heteroatoms. The first-order chi connectivity index (χ1) is 8.36. The molecule has 2 rings (SSSR count). The molecular formula is C16H25N. The van der Waals surface area contributed by atoms with Crippen molar-refractivity contribution in [2.75, 3.05) is 0 Å². The van der Waals surface area contributed by atoms with Gasteiger partial charge in [0.2, 0.25) is 0 Å². The molecule has 1 aromatic rings. The van der Waals surface area contributed by atoms with Crippen LogP contribution in [0.25, 0.3) is 0 Å². The van der Waals surface area contributed by atoms with E-state index in [1.807, 2.05) is 0 Å². The van der Waals surface area contributed by atoms with Gasteiger partial charge in [-0.3, -0.25) is 4.98 Å².